The lowest BCUT2D eigenvalue weighted by molar-refractivity contribution is 0.102. The predicted octanol–water partition coefficient (Wildman–Crippen LogP) is 2.43. The van der Waals surface area contributed by atoms with E-state index in [-0.39, 0.29) is 11.7 Å². The number of aliphatic hydroxyl groups excluding tert-OH is 1. The van der Waals surface area contributed by atoms with Crippen molar-refractivity contribution in [1.29, 1.82) is 0 Å². The van der Waals surface area contributed by atoms with Crippen molar-refractivity contribution in [1.82, 2.24) is 4.98 Å². The molecule has 0 saturated carbocycles. The summed E-state index contributed by atoms with van der Waals surface area (Å²) in [5, 5.41) is 12.4. The molecule has 1 amide bonds. The van der Waals surface area contributed by atoms with E-state index in [9.17, 15) is 14.3 Å². The summed E-state index contributed by atoms with van der Waals surface area (Å²) in [5.74, 6) is -0.947. The molecule has 0 aliphatic carbocycles. The van der Waals surface area contributed by atoms with Gasteiger partial charge in [-0.05, 0) is 31.0 Å². The Bertz CT molecular complexity index is 700. The van der Waals surface area contributed by atoms with Crippen LogP contribution in [0, 0.1) is 5.82 Å². The molecule has 0 bridgehead atoms. The Morgan fingerprint density at radius 3 is 2.74 bits per heavy atom. The Morgan fingerprint density at radius 1 is 1.26 bits per heavy atom. The SMILES string of the molecule is O=C(Nc1ccccc1N1CCC(O)CC1)c1cncc(F)c1. The first-order chi connectivity index (χ1) is 11.1. The lowest BCUT2D eigenvalue weighted by Crippen LogP contribution is -2.36. The van der Waals surface area contributed by atoms with E-state index in [2.05, 4.69) is 15.2 Å². The summed E-state index contributed by atoms with van der Waals surface area (Å²) in [6, 6.07) is 8.63. The number of aliphatic hydroxyl groups is 1. The maximum absolute atomic E-state index is 13.2. The minimum absolute atomic E-state index is 0.175. The fraction of sp³-hybridized carbons (Fsp3) is 0.294. The zero-order valence-corrected chi connectivity index (χ0v) is 12.6. The van der Waals surface area contributed by atoms with E-state index in [0.717, 1.165) is 31.0 Å². The Balaban J connectivity index is 1.79. The third-order valence-electron chi connectivity index (χ3n) is 3.92. The number of amides is 1. The standard InChI is InChI=1S/C17H18FN3O2/c18-13-9-12(10-19-11-13)17(23)20-15-3-1-2-4-16(15)21-7-5-14(22)6-8-21/h1-4,9-11,14,22H,5-8H2,(H,20,23). The molecule has 0 atom stereocenters. The maximum Gasteiger partial charge on any atom is 0.257 e. The molecule has 0 spiro atoms. The molecular formula is C17H18FN3O2. The van der Waals surface area contributed by atoms with Crippen LogP contribution in [-0.4, -0.2) is 35.2 Å². The van der Waals surface area contributed by atoms with E-state index >= 15 is 0 Å². The van der Waals surface area contributed by atoms with Crippen molar-refractivity contribution in [2.24, 2.45) is 0 Å². The fourth-order valence-electron chi connectivity index (χ4n) is 2.69. The van der Waals surface area contributed by atoms with E-state index in [1.807, 2.05) is 24.3 Å². The molecule has 1 aromatic carbocycles. The highest BCUT2D eigenvalue weighted by atomic mass is 19.1. The average molecular weight is 315 g/mol. The molecule has 3 rings (SSSR count). The van der Waals surface area contributed by atoms with Gasteiger partial charge in [0.15, 0.2) is 0 Å². The van der Waals surface area contributed by atoms with Gasteiger partial charge in [-0.25, -0.2) is 4.39 Å². The van der Waals surface area contributed by atoms with E-state index in [0.29, 0.717) is 18.5 Å². The second-order valence-corrected chi connectivity index (χ2v) is 5.58. The molecule has 1 aliphatic heterocycles. The molecule has 1 aliphatic rings. The summed E-state index contributed by atoms with van der Waals surface area (Å²) in [7, 11) is 0. The van der Waals surface area contributed by atoms with Crippen molar-refractivity contribution in [3.63, 3.8) is 0 Å². The lowest BCUT2D eigenvalue weighted by atomic mass is 10.1. The molecule has 1 aromatic heterocycles. The van der Waals surface area contributed by atoms with Gasteiger partial charge in [-0.15, -0.1) is 0 Å². The van der Waals surface area contributed by atoms with Crippen molar-refractivity contribution in [3.05, 3.63) is 54.1 Å². The summed E-state index contributed by atoms with van der Waals surface area (Å²) in [6.07, 6.45) is 3.54. The predicted molar refractivity (Wildman–Crippen MR) is 86.0 cm³/mol. The first-order valence-corrected chi connectivity index (χ1v) is 7.57. The lowest BCUT2D eigenvalue weighted by Gasteiger charge is -2.32. The van der Waals surface area contributed by atoms with Gasteiger partial charge in [-0.2, -0.15) is 0 Å². The van der Waals surface area contributed by atoms with Gasteiger partial charge in [0.05, 0.1) is 29.2 Å². The van der Waals surface area contributed by atoms with Gasteiger partial charge < -0.3 is 15.3 Å². The minimum Gasteiger partial charge on any atom is -0.393 e. The highest BCUT2D eigenvalue weighted by Gasteiger charge is 2.20. The van der Waals surface area contributed by atoms with Crippen LogP contribution >= 0.6 is 0 Å². The number of para-hydroxylation sites is 2. The highest BCUT2D eigenvalue weighted by molar-refractivity contribution is 6.05. The molecule has 5 nitrogen and oxygen atoms in total. The number of carbonyl (C=O) groups is 1. The van der Waals surface area contributed by atoms with Gasteiger partial charge in [0.25, 0.3) is 5.91 Å². The summed E-state index contributed by atoms with van der Waals surface area (Å²) in [6.45, 7) is 1.46. The minimum atomic E-state index is -0.545. The number of nitrogens with zero attached hydrogens (tertiary/aromatic N) is 2. The Hall–Kier alpha value is -2.47. The Morgan fingerprint density at radius 2 is 2.00 bits per heavy atom. The summed E-state index contributed by atoms with van der Waals surface area (Å²) in [4.78, 5) is 18.1. The van der Waals surface area contributed by atoms with Crippen LogP contribution in [0.15, 0.2) is 42.7 Å². The molecule has 2 N–H and O–H groups in total. The monoisotopic (exact) mass is 315 g/mol. The van der Waals surface area contributed by atoms with E-state index in [4.69, 9.17) is 0 Å². The molecule has 1 fully saturated rings. The van der Waals surface area contributed by atoms with Gasteiger partial charge in [0, 0.05) is 19.3 Å². The summed E-state index contributed by atoms with van der Waals surface area (Å²) >= 11 is 0. The zero-order valence-electron chi connectivity index (χ0n) is 12.6. The molecule has 0 radical (unpaired) electrons. The van der Waals surface area contributed by atoms with Gasteiger partial charge in [0.2, 0.25) is 0 Å². The van der Waals surface area contributed by atoms with Gasteiger partial charge in [-0.3, -0.25) is 9.78 Å². The van der Waals surface area contributed by atoms with Gasteiger partial charge >= 0.3 is 0 Å². The van der Waals surface area contributed by atoms with Crippen LogP contribution < -0.4 is 10.2 Å². The van der Waals surface area contributed by atoms with E-state index < -0.39 is 11.7 Å². The number of nitrogens with one attached hydrogen (secondary N) is 1. The first-order valence-electron chi connectivity index (χ1n) is 7.57. The summed E-state index contributed by atoms with van der Waals surface area (Å²) < 4.78 is 13.2. The highest BCUT2D eigenvalue weighted by Crippen LogP contribution is 2.28. The number of halogens is 1. The van der Waals surface area contributed by atoms with Crippen molar-refractivity contribution in [3.8, 4) is 0 Å². The number of benzene rings is 1. The molecule has 0 unspecified atom stereocenters. The summed E-state index contributed by atoms with van der Waals surface area (Å²) in [5.41, 5.74) is 1.74. The number of rotatable bonds is 3. The molecule has 1 saturated heterocycles. The molecular weight excluding hydrogens is 297 g/mol. The molecule has 23 heavy (non-hydrogen) atoms. The molecule has 2 heterocycles. The van der Waals surface area contributed by atoms with E-state index in [1.165, 1.54) is 6.20 Å². The molecule has 6 heteroatoms. The molecule has 2 aromatic rings. The van der Waals surface area contributed by atoms with Crippen LogP contribution in [0.4, 0.5) is 15.8 Å². The average Bonchev–Trinajstić information content (AvgIpc) is 2.56. The number of anilines is 2. The topological polar surface area (TPSA) is 65.5 Å². The van der Waals surface area contributed by atoms with E-state index in [1.54, 1.807) is 0 Å². The smallest absolute Gasteiger partial charge is 0.257 e. The van der Waals surface area contributed by atoms with Gasteiger partial charge in [0.1, 0.15) is 5.82 Å². The second kappa shape index (κ2) is 6.75. The van der Waals surface area contributed by atoms with Crippen molar-refractivity contribution in [2.45, 2.75) is 18.9 Å². The quantitative estimate of drug-likeness (QED) is 0.913. The number of carbonyl (C=O) groups excluding carboxylic acids is 1. The normalized spacial score (nSPS) is 15.5. The van der Waals surface area contributed by atoms with Crippen LogP contribution in [0.5, 0.6) is 0 Å². The Labute approximate surface area is 133 Å². The first kappa shape index (κ1) is 15.4. The fourth-order valence-corrected chi connectivity index (χ4v) is 2.69. The maximum atomic E-state index is 13.2. The number of hydrogen-bond donors (Lipinski definition) is 2. The van der Waals surface area contributed by atoms with Crippen LogP contribution in [-0.2, 0) is 0 Å². The zero-order chi connectivity index (χ0) is 16.2. The largest absolute Gasteiger partial charge is 0.393 e. The van der Waals surface area contributed by atoms with Crippen LogP contribution in [0.3, 0.4) is 0 Å². The third kappa shape index (κ3) is 3.65. The number of piperidine rings is 1. The second-order valence-electron chi connectivity index (χ2n) is 5.58. The van der Waals surface area contributed by atoms with Crippen LogP contribution in [0.25, 0.3) is 0 Å². The van der Waals surface area contributed by atoms with Crippen molar-refractivity contribution in [2.75, 3.05) is 23.3 Å². The molecule has 120 valence electrons. The number of pyridine rings is 1. The number of aromatic nitrogens is 1. The van der Waals surface area contributed by atoms with Crippen molar-refractivity contribution >= 4 is 17.3 Å². The number of hydrogen-bond acceptors (Lipinski definition) is 4. The van der Waals surface area contributed by atoms with Gasteiger partial charge in [-0.1, -0.05) is 12.1 Å². The third-order valence-corrected chi connectivity index (χ3v) is 3.92. The Kier molecular flexibility index (Phi) is 4.52. The van der Waals surface area contributed by atoms with Crippen molar-refractivity contribution < 1.29 is 14.3 Å². The van der Waals surface area contributed by atoms with Crippen LogP contribution in [0.1, 0.15) is 23.2 Å². The van der Waals surface area contributed by atoms with Crippen LogP contribution in [0.2, 0.25) is 0 Å².